The Bertz CT molecular complexity index is 735. The van der Waals surface area contributed by atoms with Gasteiger partial charge in [-0.1, -0.05) is 30.3 Å². The van der Waals surface area contributed by atoms with Crippen molar-refractivity contribution in [3.63, 3.8) is 0 Å². The number of carbonyl (C=O) groups excluding carboxylic acids is 2. The van der Waals surface area contributed by atoms with Crippen molar-refractivity contribution in [2.75, 3.05) is 6.61 Å². The normalized spacial score (nSPS) is 10.4. The highest BCUT2D eigenvalue weighted by Gasteiger charge is 2.11. The molecule has 0 atom stereocenters. The molecular formula is C17H13NO5. The summed E-state index contributed by atoms with van der Waals surface area (Å²) in [7, 11) is 0. The average Bonchev–Trinajstić information content (AvgIpc) is 2.58. The van der Waals surface area contributed by atoms with E-state index in [2.05, 4.69) is 0 Å². The number of esters is 1. The fourth-order valence-electron chi connectivity index (χ4n) is 1.77. The van der Waals surface area contributed by atoms with E-state index in [1.165, 1.54) is 30.3 Å². The molecule has 0 fully saturated rings. The molecule has 0 saturated carbocycles. The van der Waals surface area contributed by atoms with Gasteiger partial charge < -0.3 is 4.74 Å². The van der Waals surface area contributed by atoms with E-state index < -0.39 is 23.3 Å². The molecule has 0 N–H and O–H groups in total. The molecule has 0 saturated heterocycles. The lowest BCUT2D eigenvalue weighted by molar-refractivity contribution is -0.384. The highest BCUT2D eigenvalue weighted by molar-refractivity contribution is 5.99. The summed E-state index contributed by atoms with van der Waals surface area (Å²) < 4.78 is 4.85. The van der Waals surface area contributed by atoms with E-state index in [4.69, 9.17) is 4.74 Å². The Labute approximate surface area is 132 Å². The summed E-state index contributed by atoms with van der Waals surface area (Å²) in [5, 5.41) is 10.5. The van der Waals surface area contributed by atoms with Crippen molar-refractivity contribution in [1.29, 1.82) is 0 Å². The molecule has 0 aliphatic carbocycles. The lowest BCUT2D eigenvalue weighted by Gasteiger charge is -2.02. The number of carbonyl (C=O) groups is 2. The molecule has 0 heterocycles. The Morgan fingerprint density at radius 1 is 1.04 bits per heavy atom. The predicted octanol–water partition coefficient (Wildman–Crippen LogP) is 3.03. The lowest BCUT2D eigenvalue weighted by Crippen LogP contribution is -2.12. The maximum atomic E-state index is 11.8. The SMILES string of the molecule is O=C(/C=C\c1ccccc1)OCC(=O)c1ccc([N+](=O)[O-])cc1. The molecule has 0 radical (unpaired) electrons. The highest BCUT2D eigenvalue weighted by atomic mass is 16.6. The van der Waals surface area contributed by atoms with Gasteiger partial charge in [0.1, 0.15) is 0 Å². The van der Waals surface area contributed by atoms with Gasteiger partial charge in [-0.05, 0) is 23.8 Å². The summed E-state index contributed by atoms with van der Waals surface area (Å²) in [5.41, 5.74) is 0.978. The number of ether oxygens (including phenoxy) is 1. The quantitative estimate of drug-likeness (QED) is 0.269. The van der Waals surface area contributed by atoms with E-state index in [9.17, 15) is 19.7 Å². The number of hydrogen-bond acceptors (Lipinski definition) is 5. The number of nitrogens with zero attached hydrogens (tertiary/aromatic N) is 1. The molecule has 0 unspecified atom stereocenters. The predicted molar refractivity (Wildman–Crippen MR) is 83.9 cm³/mol. The number of rotatable bonds is 6. The van der Waals surface area contributed by atoms with Crippen LogP contribution in [0.4, 0.5) is 5.69 Å². The van der Waals surface area contributed by atoms with Gasteiger partial charge in [0.05, 0.1) is 4.92 Å². The first kappa shape index (κ1) is 16.1. The van der Waals surface area contributed by atoms with Crippen LogP contribution in [0.2, 0.25) is 0 Å². The minimum absolute atomic E-state index is 0.107. The van der Waals surface area contributed by atoms with Gasteiger partial charge in [-0.2, -0.15) is 0 Å². The van der Waals surface area contributed by atoms with E-state index >= 15 is 0 Å². The molecule has 0 spiro atoms. The van der Waals surface area contributed by atoms with E-state index in [-0.39, 0.29) is 11.3 Å². The first-order valence-corrected chi connectivity index (χ1v) is 6.74. The zero-order chi connectivity index (χ0) is 16.7. The Hall–Kier alpha value is -3.28. The second-order valence-corrected chi connectivity index (χ2v) is 4.58. The maximum Gasteiger partial charge on any atom is 0.331 e. The van der Waals surface area contributed by atoms with Crippen LogP contribution in [0.3, 0.4) is 0 Å². The topological polar surface area (TPSA) is 86.5 Å². The molecule has 116 valence electrons. The number of non-ortho nitro benzene ring substituents is 1. The molecule has 2 aromatic carbocycles. The molecule has 0 aliphatic rings. The Balaban J connectivity index is 1.87. The van der Waals surface area contributed by atoms with Crippen LogP contribution in [0, 0.1) is 10.1 Å². The molecule has 2 rings (SSSR count). The summed E-state index contributed by atoms with van der Waals surface area (Å²) in [6, 6.07) is 14.3. The van der Waals surface area contributed by atoms with Crippen molar-refractivity contribution in [3.8, 4) is 0 Å². The summed E-state index contributed by atoms with van der Waals surface area (Å²) in [5.74, 6) is -1.06. The van der Waals surface area contributed by atoms with Gasteiger partial charge in [0.25, 0.3) is 5.69 Å². The minimum Gasteiger partial charge on any atom is -0.454 e. The number of nitro benzene ring substituents is 1. The molecule has 0 aliphatic heterocycles. The standard InChI is InChI=1S/C17H13NO5/c19-16(14-7-9-15(10-8-14)18(21)22)12-23-17(20)11-6-13-4-2-1-3-5-13/h1-11H,12H2/b11-6-. The van der Waals surface area contributed by atoms with Gasteiger partial charge >= 0.3 is 5.97 Å². The Morgan fingerprint density at radius 3 is 2.30 bits per heavy atom. The van der Waals surface area contributed by atoms with Crippen molar-refractivity contribution in [1.82, 2.24) is 0 Å². The minimum atomic E-state index is -0.635. The summed E-state index contributed by atoms with van der Waals surface area (Å²) in [6.45, 7) is -0.421. The summed E-state index contributed by atoms with van der Waals surface area (Å²) in [6.07, 6.45) is 2.82. The van der Waals surface area contributed by atoms with Crippen molar-refractivity contribution in [2.24, 2.45) is 0 Å². The van der Waals surface area contributed by atoms with Gasteiger partial charge in [0, 0.05) is 23.8 Å². The smallest absolute Gasteiger partial charge is 0.331 e. The zero-order valence-electron chi connectivity index (χ0n) is 12.0. The number of benzene rings is 2. The summed E-state index contributed by atoms with van der Waals surface area (Å²) in [4.78, 5) is 33.4. The van der Waals surface area contributed by atoms with Gasteiger partial charge in [-0.15, -0.1) is 0 Å². The summed E-state index contributed by atoms with van der Waals surface area (Å²) >= 11 is 0. The van der Waals surface area contributed by atoms with Crippen LogP contribution in [-0.2, 0) is 9.53 Å². The zero-order valence-corrected chi connectivity index (χ0v) is 12.0. The molecule has 23 heavy (non-hydrogen) atoms. The van der Waals surface area contributed by atoms with Crippen LogP contribution in [0.25, 0.3) is 6.08 Å². The van der Waals surface area contributed by atoms with Crippen LogP contribution in [0.1, 0.15) is 15.9 Å². The molecule has 0 amide bonds. The van der Waals surface area contributed by atoms with Gasteiger partial charge in [0.2, 0.25) is 0 Å². The largest absolute Gasteiger partial charge is 0.454 e. The Morgan fingerprint density at radius 2 is 1.70 bits per heavy atom. The third-order valence-electron chi connectivity index (χ3n) is 2.96. The van der Waals surface area contributed by atoms with Gasteiger partial charge in [-0.25, -0.2) is 4.79 Å². The fourth-order valence-corrected chi connectivity index (χ4v) is 1.77. The van der Waals surface area contributed by atoms with Crippen molar-refractivity contribution >= 4 is 23.5 Å². The first-order valence-electron chi connectivity index (χ1n) is 6.74. The molecule has 2 aromatic rings. The van der Waals surface area contributed by atoms with E-state index in [0.717, 1.165) is 5.56 Å². The van der Waals surface area contributed by atoms with Crippen LogP contribution in [0.15, 0.2) is 60.7 Å². The molecule has 0 bridgehead atoms. The van der Waals surface area contributed by atoms with Crippen LogP contribution >= 0.6 is 0 Å². The monoisotopic (exact) mass is 311 g/mol. The molecular weight excluding hydrogens is 298 g/mol. The molecule has 6 heteroatoms. The number of ketones is 1. The highest BCUT2D eigenvalue weighted by Crippen LogP contribution is 2.12. The third kappa shape index (κ3) is 4.89. The van der Waals surface area contributed by atoms with Crippen LogP contribution in [-0.4, -0.2) is 23.3 Å². The second-order valence-electron chi connectivity index (χ2n) is 4.58. The fraction of sp³-hybridized carbons (Fsp3) is 0.0588. The third-order valence-corrected chi connectivity index (χ3v) is 2.96. The van der Waals surface area contributed by atoms with Crippen molar-refractivity contribution < 1.29 is 19.2 Å². The van der Waals surface area contributed by atoms with E-state index in [0.29, 0.717) is 0 Å². The Kier molecular flexibility index (Phi) is 5.35. The molecule has 0 aromatic heterocycles. The van der Waals surface area contributed by atoms with Gasteiger partial charge in [-0.3, -0.25) is 14.9 Å². The van der Waals surface area contributed by atoms with Crippen molar-refractivity contribution in [3.05, 3.63) is 81.9 Å². The maximum absolute atomic E-state index is 11.8. The number of hydrogen-bond donors (Lipinski definition) is 0. The van der Waals surface area contributed by atoms with E-state index in [1.807, 2.05) is 30.3 Å². The number of nitro groups is 1. The van der Waals surface area contributed by atoms with Crippen LogP contribution < -0.4 is 0 Å². The molecule has 6 nitrogen and oxygen atoms in total. The first-order chi connectivity index (χ1) is 11.1. The second kappa shape index (κ2) is 7.65. The average molecular weight is 311 g/mol. The van der Waals surface area contributed by atoms with E-state index in [1.54, 1.807) is 6.08 Å². The number of Topliss-reactive ketones (excluding diaryl/α,β-unsaturated/α-hetero) is 1. The lowest BCUT2D eigenvalue weighted by atomic mass is 10.1. The van der Waals surface area contributed by atoms with Crippen LogP contribution in [0.5, 0.6) is 0 Å². The van der Waals surface area contributed by atoms with Gasteiger partial charge in [0.15, 0.2) is 12.4 Å². The van der Waals surface area contributed by atoms with Crippen molar-refractivity contribution in [2.45, 2.75) is 0 Å².